The minimum Gasteiger partial charge on any atom is -0.383 e. The molecular formula is C11H15F2N5. The molecule has 0 bridgehead atoms. The molecule has 0 spiro atoms. The Labute approximate surface area is 103 Å². The Bertz CT molecular complexity index is 487. The lowest BCUT2D eigenvalue weighted by Gasteiger charge is -2.21. The van der Waals surface area contributed by atoms with E-state index >= 15 is 0 Å². The molecule has 3 rings (SSSR count). The van der Waals surface area contributed by atoms with Crippen molar-refractivity contribution in [2.75, 3.05) is 29.5 Å². The van der Waals surface area contributed by atoms with Gasteiger partial charge in [0.1, 0.15) is 11.6 Å². The molecule has 2 fully saturated rings. The topological polar surface area (TPSA) is 81.1 Å². The summed E-state index contributed by atoms with van der Waals surface area (Å²) in [7, 11) is 0. The molecule has 0 amide bonds. The number of nitrogens with zero attached hydrogens (tertiary/aromatic N) is 3. The molecule has 0 aromatic carbocycles. The molecule has 1 aromatic heterocycles. The summed E-state index contributed by atoms with van der Waals surface area (Å²) in [6.07, 6.45) is 1.87. The third-order valence-corrected chi connectivity index (χ3v) is 3.43. The Morgan fingerprint density at radius 2 is 1.94 bits per heavy atom. The summed E-state index contributed by atoms with van der Waals surface area (Å²) in [6, 6.07) is 0. The first-order valence-corrected chi connectivity index (χ1v) is 6.02. The van der Waals surface area contributed by atoms with Crippen LogP contribution in [0.15, 0.2) is 0 Å². The molecule has 2 aliphatic rings. The van der Waals surface area contributed by atoms with Gasteiger partial charge in [-0.25, -0.2) is 8.78 Å². The van der Waals surface area contributed by atoms with Crippen molar-refractivity contribution in [1.82, 2.24) is 9.97 Å². The van der Waals surface area contributed by atoms with E-state index in [0.717, 1.165) is 18.4 Å². The molecular weight excluding hydrogens is 240 g/mol. The highest BCUT2D eigenvalue weighted by molar-refractivity contribution is 5.63. The normalized spacial score (nSPS) is 22.4. The molecule has 1 aromatic rings. The van der Waals surface area contributed by atoms with Crippen LogP contribution in [0, 0.1) is 0 Å². The second-order valence-electron chi connectivity index (χ2n) is 5.01. The molecule has 0 radical (unpaired) electrons. The molecule has 2 heterocycles. The van der Waals surface area contributed by atoms with Crippen molar-refractivity contribution < 1.29 is 8.78 Å². The monoisotopic (exact) mass is 255 g/mol. The SMILES string of the molecule is Nc1nc(N)c(C2CC2)c(N2CCC(F)(F)C2)n1. The lowest BCUT2D eigenvalue weighted by atomic mass is 10.1. The molecule has 1 saturated heterocycles. The van der Waals surface area contributed by atoms with E-state index < -0.39 is 5.92 Å². The fourth-order valence-corrected chi connectivity index (χ4v) is 2.41. The van der Waals surface area contributed by atoms with Gasteiger partial charge in [-0.15, -0.1) is 0 Å². The Kier molecular flexibility index (Phi) is 2.33. The van der Waals surface area contributed by atoms with Crippen LogP contribution in [0.4, 0.5) is 26.4 Å². The van der Waals surface area contributed by atoms with Crippen LogP contribution in [-0.2, 0) is 0 Å². The smallest absolute Gasteiger partial charge is 0.266 e. The summed E-state index contributed by atoms with van der Waals surface area (Å²) < 4.78 is 26.6. The van der Waals surface area contributed by atoms with Gasteiger partial charge in [0.15, 0.2) is 0 Å². The van der Waals surface area contributed by atoms with Gasteiger partial charge in [-0.1, -0.05) is 0 Å². The van der Waals surface area contributed by atoms with E-state index in [1.54, 1.807) is 4.90 Å². The first-order valence-electron chi connectivity index (χ1n) is 6.02. The number of nitrogens with two attached hydrogens (primary N) is 2. The molecule has 1 saturated carbocycles. The van der Waals surface area contributed by atoms with Crippen LogP contribution in [0.5, 0.6) is 0 Å². The van der Waals surface area contributed by atoms with Gasteiger partial charge in [0.25, 0.3) is 5.92 Å². The van der Waals surface area contributed by atoms with Crippen LogP contribution >= 0.6 is 0 Å². The zero-order valence-corrected chi connectivity index (χ0v) is 9.87. The quantitative estimate of drug-likeness (QED) is 0.834. The third-order valence-electron chi connectivity index (χ3n) is 3.43. The number of aromatic nitrogens is 2. The van der Waals surface area contributed by atoms with Crippen LogP contribution < -0.4 is 16.4 Å². The largest absolute Gasteiger partial charge is 0.383 e. The number of alkyl halides is 2. The van der Waals surface area contributed by atoms with Crippen molar-refractivity contribution >= 4 is 17.6 Å². The lowest BCUT2D eigenvalue weighted by molar-refractivity contribution is 0.0256. The average Bonchev–Trinajstić information content (AvgIpc) is 3.01. The molecule has 0 unspecified atom stereocenters. The fourth-order valence-electron chi connectivity index (χ4n) is 2.41. The van der Waals surface area contributed by atoms with Gasteiger partial charge < -0.3 is 16.4 Å². The zero-order valence-electron chi connectivity index (χ0n) is 9.87. The van der Waals surface area contributed by atoms with Gasteiger partial charge in [-0.2, -0.15) is 9.97 Å². The van der Waals surface area contributed by atoms with E-state index in [-0.39, 0.29) is 25.5 Å². The summed E-state index contributed by atoms with van der Waals surface area (Å²) >= 11 is 0. The fraction of sp³-hybridized carbons (Fsp3) is 0.636. The summed E-state index contributed by atoms with van der Waals surface area (Å²) in [5.74, 6) is -1.48. The molecule has 98 valence electrons. The van der Waals surface area contributed by atoms with Crippen LogP contribution in [-0.4, -0.2) is 29.0 Å². The number of anilines is 3. The minimum atomic E-state index is -2.66. The van der Waals surface area contributed by atoms with Gasteiger partial charge in [0.05, 0.1) is 6.54 Å². The van der Waals surface area contributed by atoms with E-state index in [1.807, 2.05) is 0 Å². The van der Waals surface area contributed by atoms with Crippen LogP contribution in [0.2, 0.25) is 0 Å². The summed E-state index contributed by atoms with van der Waals surface area (Å²) in [4.78, 5) is 9.63. The van der Waals surface area contributed by atoms with E-state index in [9.17, 15) is 8.78 Å². The van der Waals surface area contributed by atoms with Crippen molar-refractivity contribution in [2.45, 2.75) is 31.1 Å². The van der Waals surface area contributed by atoms with Gasteiger partial charge in [0, 0.05) is 18.5 Å². The Balaban J connectivity index is 2.00. The van der Waals surface area contributed by atoms with Gasteiger partial charge in [-0.05, 0) is 18.8 Å². The van der Waals surface area contributed by atoms with E-state index in [4.69, 9.17) is 11.5 Å². The Hall–Kier alpha value is -1.66. The maximum Gasteiger partial charge on any atom is 0.266 e. The van der Waals surface area contributed by atoms with Crippen molar-refractivity contribution in [3.8, 4) is 0 Å². The number of halogens is 2. The predicted molar refractivity (Wildman–Crippen MR) is 64.6 cm³/mol. The Morgan fingerprint density at radius 3 is 2.50 bits per heavy atom. The molecule has 1 aliphatic heterocycles. The zero-order chi connectivity index (χ0) is 12.9. The highest BCUT2D eigenvalue weighted by atomic mass is 19.3. The Morgan fingerprint density at radius 1 is 1.22 bits per heavy atom. The first kappa shape index (κ1) is 11.4. The van der Waals surface area contributed by atoms with E-state index in [2.05, 4.69) is 9.97 Å². The molecule has 7 heteroatoms. The minimum absolute atomic E-state index is 0.0436. The van der Waals surface area contributed by atoms with Gasteiger partial charge >= 0.3 is 0 Å². The third kappa shape index (κ3) is 1.93. The number of hydrogen-bond donors (Lipinski definition) is 2. The molecule has 5 nitrogen and oxygen atoms in total. The first-order chi connectivity index (χ1) is 8.46. The van der Waals surface area contributed by atoms with Gasteiger partial charge in [-0.3, -0.25) is 0 Å². The van der Waals surface area contributed by atoms with Crippen molar-refractivity contribution in [3.63, 3.8) is 0 Å². The molecule has 1 aliphatic carbocycles. The summed E-state index contributed by atoms with van der Waals surface area (Å²) in [5, 5.41) is 0. The summed E-state index contributed by atoms with van der Waals surface area (Å²) in [6.45, 7) is -0.0365. The summed E-state index contributed by atoms with van der Waals surface area (Å²) in [5.41, 5.74) is 12.2. The van der Waals surface area contributed by atoms with Crippen molar-refractivity contribution in [2.24, 2.45) is 0 Å². The second kappa shape index (κ2) is 3.66. The molecule has 4 N–H and O–H groups in total. The average molecular weight is 255 g/mol. The standard InChI is InChI=1S/C11H15F2N5/c12-11(13)3-4-18(5-11)9-7(6-1-2-6)8(14)16-10(15)17-9/h6H,1-5H2,(H4,14,15,16,17). The highest BCUT2D eigenvalue weighted by Gasteiger charge is 2.41. The maximum atomic E-state index is 13.3. The number of rotatable bonds is 2. The lowest BCUT2D eigenvalue weighted by Crippen LogP contribution is -2.27. The second-order valence-corrected chi connectivity index (χ2v) is 5.01. The van der Waals surface area contributed by atoms with E-state index in [1.165, 1.54) is 0 Å². The maximum absolute atomic E-state index is 13.3. The van der Waals surface area contributed by atoms with Gasteiger partial charge in [0.2, 0.25) is 5.95 Å². The molecule has 0 atom stereocenters. The molecule has 18 heavy (non-hydrogen) atoms. The van der Waals surface area contributed by atoms with Crippen molar-refractivity contribution in [3.05, 3.63) is 5.56 Å². The van der Waals surface area contributed by atoms with Crippen molar-refractivity contribution in [1.29, 1.82) is 0 Å². The number of nitrogen functional groups attached to an aromatic ring is 2. The van der Waals surface area contributed by atoms with Crippen LogP contribution in [0.3, 0.4) is 0 Å². The predicted octanol–water partition coefficient (Wildman–Crippen LogP) is 1.36. The van der Waals surface area contributed by atoms with Crippen LogP contribution in [0.1, 0.15) is 30.7 Å². The van der Waals surface area contributed by atoms with Crippen LogP contribution in [0.25, 0.3) is 0 Å². The van der Waals surface area contributed by atoms with E-state index in [0.29, 0.717) is 17.6 Å². The number of hydrogen-bond acceptors (Lipinski definition) is 5. The highest BCUT2D eigenvalue weighted by Crippen LogP contribution is 2.47.